The van der Waals surface area contributed by atoms with Crippen molar-refractivity contribution in [3.05, 3.63) is 35.9 Å². The van der Waals surface area contributed by atoms with Crippen LogP contribution in [0, 0.1) is 0 Å². The number of aliphatic imine (C=N–C) groups is 1. The van der Waals surface area contributed by atoms with Crippen molar-refractivity contribution < 1.29 is 0 Å². The minimum atomic E-state index is 0.419. The Hall–Kier alpha value is -1.31. The number of benzene rings is 1. The monoisotopic (exact) mass is 174 g/mol. The van der Waals surface area contributed by atoms with Gasteiger partial charge in [-0.1, -0.05) is 30.3 Å². The molecule has 0 saturated heterocycles. The molecule has 13 heavy (non-hydrogen) atoms. The maximum absolute atomic E-state index is 5.63. The van der Waals surface area contributed by atoms with Crippen LogP contribution in [0.3, 0.4) is 0 Å². The number of amidine groups is 1. The van der Waals surface area contributed by atoms with Crippen LogP contribution < -0.4 is 5.73 Å². The molecule has 1 aliphatic heterocycles. The molecule has 1 aliphatic rings. The van der Waals surface area contributed by atoms with Gasteiger partial charge in [-0.15, -0.1) is 0 Å². The van der Waals surface area contributed by atoms with E-state index in [-0.39, 0.29) is 0 Å². The number of nitrogens with zero attached hydrogens (tertiary/aromatic N) is 1. The van der Waals surface area contributed by atoms with Crippen molar-refractivity contribution in [1.82, 2.24) is 0 Å². The van der Waals surface area contributed by atoms with Gasteiger partial charge in [-0.2, -0.15) is 0 Å². The third-order valence-electron chi connectivity index (χ3n) is 2.40. The van der Waals surface area contributed by atoms with Crippen molar-refractivity contribution in [3.63, 3.8) is 0 Å². The highest BCUT2D eigenvalue weighted by molar-refractivity contribution is 5.82. The van der Waals surface area contributed by atoms with Gasteiger partial charge in [0.2, 0.25) is 0 Å². The molecular weight excluding hydrogens is 160 g/mol. The molecule has 68 valence electrons. The highest BCUT2D eigenvalue weighted by Gasteiger charge is 2.15. The first-order chi connectivity index (χ1) is 6.34. The molecule has 2 N–H and O–H groups in total. The molecule has 1 unspecified atom stereocenters. The second kappa shape index (κ2) is 3.60. The summed E-state index contributed by atoms with van der Waals surface area (Å²) >= 11 is 0. The number of rotatable bonds is 2. The lowest BCUT2D eigenvalue weighted by Gasteiger charge is -2.05. The normalized spacial score (nSPS) is 21.5. The Bertz CT molecular complexity index is 303. The van der Waals surface area contributed by atoms with Crippen LogP contribution in [0.25, 0.3) is 0 Å². The standard InChI is InChI=1S/C11H14N2/c12-11-7-6-10(13-11)8-9-4-2-1-3-5-9/h1-5,10H,6-8H2,(H2,12,13). The Morgan fingerprint density at radius 3 is 2.69 bits per heavy atom. The highest BCUT2D eigenvalue weighted by Crippen LogP contribution is 2.15. The van der Waals surface area contributed by atoms with Gasteiger partial charge in [0.25, 0.3) is 0 Å². The fraction of sp³-hybridized carbons (Fsp3) is 0.364. The zero-order chi connectivity index (χ0) is 9.10. The molecule has 1 aromatic rings. The average Bonchev–Trinajstić information content (AvgIpc) is 2.53. The molecule has 0 aliphatic carbocycles. The summed E-state index contributed by atoms with van der Waals surface area (Å²) in [7, 11) is 0. The third kappa shape index (κ3) is 2.08. The summed E-state index contributed by atoms with van der Waals surface area (Å²) in [4.78, 5) is 4.38. The topological polar surface area (TPSA) is 38.4 Å². The van der Waals surface area contributed by atoms with Crippen LogP contribution in [0.5, 0.6) is 0 Å². The number of nitrogens with two attached hydrogens (primary N) is 1. The van der Waals surface area contributed by atoms with E-state index in [0.29, 0.717) is 6.04 Å². The van der Waals surface area contributed by atoms with E-state index in [0.717, 1.165) is 25.1 Å². The summed E-state index contributed by atoms with van der Waals surface area (Å²) in [6, 6.07) is 10.9. The Kier molecular flexibility index (Phi) is 2.30. The molecule has 0 bridgehead atoms. The Balaban J connectivity index is 2.00. The maximum Gasteiger partial charge on any atom is 0.0941 e. The van der Waals surface area contributed by atoms with Gasteiger partial charge >= 0.3 is 0 Å². The summed E-state index contributed by atoms with van der Waals surface area (Å²) in [6.07, 6.45) is 3.11. The van der Waals surface area contributed by atoms with Crippen LogP contribution >= 0.6 is 0 Å². The summed E-state index contributed by atoms with van der Waals surface area (Å²) in [5.74, 6) is 0.820. The fourth-order valence-corrected chi connectivity index (χ4v) is 1.71. The SMILES string of the molecule is NC1=NC(Cc2ccccc2)CC1. The van der Waals surface area contributed by atoms with Gasteiger partial charge in [0, 0.05) is 6.42 Å². The lowest BCUT2D eigenvalue weighted by Crippen LogP contribution is -2.06. The first-order valence-electron chi connectivity index (χ1n) is 4.70. The van der Waals surface area contributed by atoms with E-state index in [4.69, 9.17) is 5.73 Å². The van der Waals surface area contributed by atoms with Gasteiger partial charge in [0.15, 0.2) is 0 Å². The lowest BCUT2D eigenvalue weighted by atomic mass is 10.0. The molecular formula is C11H14N2. The van der Waals surface area contributed by atoms with Crippen LogP contribution in [0.1, 0.15) is 18.4 Å². The second-order valence-corrected chi connectivity index (χ2v) is 3.50. The van der Waals surface area contributed by atoms with Crippen LogP contribution in [0.4, 0.5) is 0 Å². The zero-order valence-corrected chi connectivity index (χ0v) is 7.61. The summed E-state index contributed by atoms with van der Waals surface area (Å²) in [6.45, 7) is 0. The van der Waals surface area contributed by atoms with Gasteiger partial charge in [0.05, 0.1) is 11.9 Å². The zero-order valence-electron chi connectivity index (χ0n) is 7.61. The molecule has 2 rings (SSSR count). The molecule has 0 saturated carbocycles. The molecule has 2 heteroatoms. The largest absolute Gasteiger partial charge is 0.387 e. The number of hydrogen-bond acceptors (Lipinski definition) is 2. The van der Waals surface area contributed by atoms with Gasteiger partial charge in [-0.25, -0.2) is 0 Å². The molecule has 0 radical (unpaired) electrons. The van der Waals surface area contributed by atoms with Crippen molar-refractivity contribution in [2.45, 2.75) is 25.3 Å². The molecule has 0 fully saturated rings. The summed E-state index contributed by atoms with van der Waals surface area (Å²) in [5.41, 5.74) is 6.98. The van der Waals surface area contributed by atoms with Crippen molar-refractivity contribution in [2.24, 2.45) is 10.7 Å². The van der Waals surface area contributed by atoms with Crippen molar-refractivity contribution in [2.75, 3.05) is 0 Å². The van der Waals surface area contributed by atoms with Crippen molar-refractivity contribution in [3.8, 4) is 0 Å². The molecule has 1 atom stereocenters. The van der Waals surface area contributed by atoms with Gasteiger partial charge in [-0.05, 0) is 18.4 Å². The highest BCUT2D eigenvalue weighted by atomic mass is 14.9. The smallest absolute Gasteiger partial charge is 0.0941 e. The average molecular weight is 174 g/mol. The third-order valence-corrected chi connectivity index (χ3v) is 2.40. The summed E-state index contributed by atoms with van der Waals surface area (Å²) in [5, 5.41) is 0. The minimum Gasteiger partial charge on any atom is -0.387 e. The van der Waals surface area contributed by atoms with Crippen molar-refractivity contribution in [1.29, 1.82) is 0 Å². The van der Waals surface area contributed by atoms with Crippen LogP contribution in [-0.2, 0) is 6.42 Å². The van der Waals surface area contributed by atoms with E-state index in [1.54, 1.807) is 0 Å². The van der Waals surface area contributed by atoms with Crippen LogP contribution in [-0.4, -0.2) is 11.9 Å². The Labute approximate surface area is 78.5 Å². The van der Waals surface area contributed by atoms with E-state index in [1.165, 1.54) is 5.56 Å². The van der Waals surface area contributed by atoms with E-state index >= 15 is 0 Å². The van der Waals surface area contributed by atoms with Crippen LogP contribution in [0.15, 0.2) is 35.3 Å². The maximum atomic E-state index is 5.63. The van der Waals surface area contributed by atoms with E-state index < -0.39 is 0 Å². The molecule has 1 heterocycles. The predicted molar refractivity (Wildman–Crippen MR) is 54.8 cm³/mol. The second-order valence-electron chi connectivity index (χ2n) is 3.50. The predicted octanol–water partition coefficient (Wildman–Crippen LogP) is 1.75. The first-order valence-corrected chi connectivity index (χ1v) is 4.70. The molecule has 0 spiro atoms. The van der Waals surface area contributed by atoms with E-state index in [2.05, 4.69) is 29.3 Å². The lowest BCUT2D eigenvalue weighted by molar-refractivity contribution is 0.667. The Morgan fingerprint density at radius 2 is 2.08 bits per heavy atom. The van der Waals surface area contributed by atoms with Crippen LogP contribution in [0.2, 0.25) is 0 Å². The van der Waals surface area contributed by atoms with Gasteiger partial charge < -0.3 is 5.73 Å². The fourth-order valence-electron chi connectivity index (χ4n) is 1.71. The molecule has 0 aromatic heterocycles. The molecule has 0 amide bonds. The molecule has 2 nitrogen and oxygen atoms in total. The summed E-state index contributed by atoms with van der Waals surface area (Å²) < 4.78 is 0. The van der Waals surface area contributed by atoms with E-state index in [1.807, 2.05) is 6.07 Å². The number of hydrogen-bond donors (Lipinski definition) is 1. The molecule has 1 aromatic carbocycles. The van der Waals surface area contributed by atoms with Gasteiger partial charge in [-0.3, -0.25) is 4.99 Å². The minimum absolute atomic E-state index is 0.419. The van der Waals surface area contributed by atoms with Gasteiger partial charge in [0.1, 0.15) is 0 Å². The van der Waals surface area contributed by atoms with Crippen molar-refractivity contribution >= 4 is 5.84 Å². The quantitative estimate of drug-likeness (QED) is 0.728. The first kappa shape index (κ1) is 8.30. The Morgan fingerprint density at radius 1 is 1.31 bits per heavy atom. The van der Waals surface area contributed by atoms with E-state index in [9.17, 15) is 0 Å².